The van der Waals surface area contributed by atoms with Crippen LogP contribution in [0, 0.1) is 5.92 Å². The van der Waals surface area contributed by atoms with Crippen LogP contribution in [0.3, 0.4) is 0 Å². The van der Waals surface area contributed by atoms with Crippen molar-refractivity contribution in [3.63, 3.8) is 0 Å². The van der Waals surface area contributed by atoms with Gasteiger partial charge in [0.15, 0.2) is 0 Å². The number of thiocarbonyl (C=S) groups is 1. The molecule has 20 heavy (non-hydrogen) atoms. The van der Waals surface area contributed by atoms with E-state index in [0.29, 0.717) is 4.99 Å². The van der Waals surface area contributed by atoms with Gasteiger partial charge in [0.05, 0.1) is 6.04 Å². The van der Waals surface area contributed by atoms with Crippen LogP contribution in [0.5, 0.6) is 0 Å². The van der Waals surface area contributed by atoms with Crippen molar-refractivity contribution in [1.29, 1.82) is 0 Å². The number of benzene rings is 1. The van der Waals surface area contributed by atoms with Gasteiger partial charge in [-0.1, -0.05) is 12.2 Å². The summed E-state index contributed by atoms with van der Waals surface area (Å²) in [5.41, 5.74) is 7.11. The number of hydrogen-bond donors (Lipinski definition) is 2. The first-order valence-corrected chi connectivity index (χ1v) is 7.29. The number of rotatable bonds is 6. The fraction of sp³-hybridized carbons (Fsp3) is 0.467. The summed E-state index contributed by atoms with van der Waals surface area (Å²) in [6.45, 7) is 2.93. The highest BCUT2D eigenvalue weighted by molar-refractivity contribution is 7.80. The minimum atomic E-state index is -0.133. The molecule has 3 N–H and O–H groups in total. The average Bonchev–Trinajstić information content (AvgIpc) is 3.22. The maximum atomic E-state index is 12.2. The van der Waals surface area contributed by atoms with Gasteiger partial charge in [0.2, 0.25) is 5.91 Å². The van der Waals surface area contributed by atoms with Gasteiger partial charge >= 0.3 is 0 Å². The zero-order chi connectivity index (χ0) is 14.7. The Bertz CT molecular complexity index is 496. The van der Waals surface area contributed by atoms with E-state index in [2.05, 4.69) is 10.2 Å². The molecule has 1 amide bonds. The first-order chi connectivity index (χ1) is 9.47. The molecule has 1 saturated carbocycles. The molecular weight excluding hydrogens is 270 g/mol. The molecule has 0 spiro atoms. The molecule has 0 aliphatic heterocycles. The van der Waals surface area contributed by atoms with Gasteiger partial charge in [-0.3, -0.25) is 9.69 Å². The smallest absolute Gasteiger partial charge is 0.241 e. The van der Waals surface area contributed by atoms with E-state index >= 15 is 0 Å². The summed E-state index contributed by atoms with van der Waals surface area (Å²) >= 11 is 4.90. The molecule has 1 unspecified atom stereocenters. The molecule has 0 radical (unpaired) electrons. The van der Waals surface area contributed by atoms with Crippen LogP contribution in [0.4, 0.5) is 5.69 Å². The largest absolute Gasteiger partial charge is 0.389 e. The van der Waals surface area contributed by atoms with Gasteiger partial charge in [-0.15, -0.1) is 0 Å². The van der Waals surface area contributed by atoms with Crippen LogP contribution in [0.2, 0.25) is 0 Å². The topological polar surface area (TPSA) is 58.4 Å². The fourth-order valence-electron chi connectivity index (χ4n) is 2.03. The normalized spacial score (nSPS) is 15.9. The lowest BCUT2D eigenvalue weighted by molar-refractivity contribution is -0.120. The van der Waals surface area contributed by atoms with E-state index in [0.717, 1.165) is 23.7 Å². The Morgan fingerprint density at radius 3 is 2.55 bits per heavy atom. The first-order valence-electron chi connectivity index (χ1n) is 6.88. The zero-order valence-corrected chi connectivity index (χ0v) is 12.7. The molecule has 0 saturated heterocycles. The van der Waals surface area contributed by atoms with E-state index in [-0.39, 0.29) is 11.9 Å². The van der Waals surface area contributed by atoms with Crippen molar-refractivity contribution in [2.24, 2.45) is 11.7 Å². The van der Waals surface area contributed by atoms with E-state index in [1.54, 1.807) is 0 Å². The van der Waals surface area contributed by atoms with Gasteiger partial charge in [-0.05, 0) is 57.0 Å². The van der Waals surface area contributed by atoms with Gasteiger partial charge in [-0.25, -0.2) is 0 Å². The van der Waals surface area contributed by atoms with Crippen LogP contribution in [-0.2, 0) is 4.79 Å². The average molecular weight is 291 g/mol. The second-order valence-corrected chi connectivity index (χ2v) is 5.93. The lowest BCUT2D eigenvalue weighted by Gasteiger charge is -2.23. The second-order valence-electron chi connectivity index (χ2n) is 5.49. The summed E-state index contributed by atoms with van der Waals surface area (Å²) in [6, 6.07) is 7.14. The summed E-state index contributed by atoms with van der Waals surface area (Å²) in [5.74, 6) is 0.788. The van der Waals surface area contributed by atoms with Crippen molar-refractivity contribution in [1.82, 2.24) is 4.90 Å². The minimum Gasteiger partial charge on any atom is -0.389 e. The molecule has 5 heteroatoms. The molecule has 1 atom stereocenters. The molecule has 1 aliphatic carbocycles. The molecule has 1 aromatic carbocycles. The highest BCUT2D eigenvalue weighted by Crippen LogP contribution is 2.29. The van der Waals surface area contributed by atoms with Gasteiger partial charge in [0, 0.05) is 17.8 Å². The number of anilines is 1. The van der Waals surface area contributed by atoms with Crippen LogP contribution >= 0.6 is 12.2 Å². The Balaban J connectivity index is 1.90. The molecule has 1 fully saturated rings. The summed E-state index contributed by atoms with van der Waals surface area (Å²) in [4.78, 5) is 14.6. The van der Waals surface area contributed by atoms with Crippen LogP contribution in [0.1, 0.15) is 25.3 Å². The number of nitrogens with zero attached hydrogens (tertiary/aromatic N) is 1. The maximum absolute atomic E-state index is 12.2. The standard InChI is InChI=1S/C15H21N3OS/c1-10(18(2)9-11-3-4-11)15(19)17-13-7-5-12(6-8-13)14(16)20/h5-8,10-11H,3-4,9H2,1-2H3,(H2,16,20)(H,17,19). The summed E-state index contributed by atoms with van der Waals surface area (Å²) in [6.07, 6.45) is 2.58. The van der Waals surface area contributed by atoms with Crippen molar-refractivity contribution in [3.05, 3.63) is 29.8 Å². The van der Waals surface area contributed by atoms with Gasteiger partial charge in [-0.2, -0.15) is 0 Å². The summed E-state index contributed by atoms with van der Waals surface area (Å²) in [5, 5.41) is 2.92. The number of hydrogen-bond acceptors (Lipinski definition) is 3. The Labute approximate surface area is 125 Å². The van der Waals surface area contributed by atoms with Crippen LogP contribution in [0.15, 0.2) is 24.3 Å². The van der Waals surface area contributed by atoms with E-state index in [1.165, 1.54) is 12.8 Å². The van der Waals surface area contributed by atoms with Gasteiger partial charge in [0.1, 0.15) is 4.99 Å². The Hall–Kier alpha value is -1.46. The summed E-state index contributed by atoms with van der Waals surface area (Å²) in [7, 11) is 2.00. The first kappa shape index (κ1) is 14.9. The van der Waals surface area contributed by atoms with Crippen LogP contribution in [0.25, 0.3) is 0 Å². The van der Waals surface area contributed by atoms with Crippen molar-refractivity contribution < 1.29 is 4.79 Å². The lowest BCUT2D eigenvalue weighted by Crippen LogP contribution is -2.40. The predicted octanol–water partition coefficient (Wildman–Crippen LogP) is 1.99. The van der Waals surface area contributed by atoms with Crippen molar-refractivity contribution in [2.45, 2.75) is 25.8 Å². The van der Waals surface area contributed by atoms with Crippen molar-refractivity contribution in [2.75, 3.05) is 18.9 Å². The number of nitrogens with two attached hydrogens (primary N) is 1. The molecule has 0 heterocycles. The molecular formula is C15H21N3OS. The van der Waals surface area contributed by atoms with Crippen LogP contribution < -0.4 is 11.1 Å². The van der Waals surface area contributed by atoms with Gasteiger partial charge in [0.25, 0.3) is 0 Å². The van der Waals surface area contributed by atoms with E-state index in [4.69, 9.17) is 18.0 Å². The van der Waals surface area contributed by atoms with E-state index in [1.807, 2.05) is 38.2 Å². The lowest BCUT2D eigenvalue weighted by atomic mass is 10.2. The van der Waals surface area contributed by atoms with E-state index in [9.17, 15) is 4.79 Å². The monoisotopic (exact) mass is 291 g/mol. The maximum Gasteiger partial charge on any atom is 0.241 e. The second kappa shape index (κ2) is 6.33. The third-order valence-electron chi connectivity index (χ3n) is 3.72. The number of amides is 1. The molecule has 0 aromatic heterocycles. The van der Waals surface area contributed by atoms with Crippen molar-refractivity contribution in [3.8, 4) is 0 Å². The number of carbonyl (C=O) groups excluding carboxylic acids is 1. The summed E-state index contributed by atoms with van der Waals surface area (Å²) < 4.78 is 0. The third-order valence-corrected chi connectivity index (χ3v) is 3.96. The minimum absolute atomic E-state index is 0.0104. The number of likely N-dealkylation sites (N-methyl/N-ethyl adjacent to an activating group) is 1. The quantitative estimate of drug-likeness (QED) is 0.787. The highest BCUT2D eigenvalue weighted by Gasteiger charge is 2.27. The number of carbonyl (C=O) groups is 1. The van der Waals surface area contributed by atoms with Gasteiger partial charge < -0.3 is 11.1 Å². The molecule has 1 aliphatic rings. The van der Waals surface area contributed by atoms with Crippen molar-refractivity contribution >= 4 is 28.8 Å². The molecule has 1 aromatic rings. The Kier molecular flexibility index (Phi) is 4.73. The highest BCUT2D eigenvalue weighted by atomic mass is 32.1. The zero-order valence-electron chi connectivity index (χ0n) is 11.9. The van der Waals surface area contributed by atoms with Crippen LogP contribution in [-0.4, -0.2) is 35.4 Å². The molecule has 108 valence electrons. The predicted molar refractivity (Wildman–Crippen MR) is 85.8 cm³/mol. The third kappa shape index (κ3) is 4.02. The Morgan fingerprint density at radius 1 is 1.45 bits per heavy atom. The molecule has 4 nitrogen and oxygen atoms in total. The molecule has 0 bridgehead atoms. The SMILES string of the molecule is CC(C(=O)Nc1ccc(C(N)=S)cc1)N(C)CC1CC1. The van der Waals surface area contributed by atoms with E-state index < -0.39 is 0 Å². The molecule has 2 rings (SSSR count). The Morgan fingerprint density at radius 2 is 2.05 bits per heavy atom. The fourth-order valence-corrected chi connectivity index (χ4v) is 2.17. The number of nitrogens with one attached hydrogen (secondary N) is 1.